The Morgan fingerprint density at radius 3 is 2.47 bits per heavy atom. The number of allylic oxidation sites excluding steroid dienone is 3. The SMILES string of the molecule is COCCOc1cc2ncnc(N3CCC4C=CC(F)(Br)C=C43)c2cc1OCCOC.Cl. The lowest BCUT2D eigenvalue weighted by Gasteiger charge is -2.26. The molecule has 1 aromatic heterocycles. The second kappa shape index (κ2) is 10.8. The molecule has 1 aliphatic heterocycles. The zero-order chi connectivity index (χ0) is 21.8. The minimum Gasteiger partial charge on any atom is -0.487 e. The molecule has 10 heteroatoms. The van der Waals surface area contributed by atoms with Gasteiger partial charge in [-0.15, -0.1) is 12.4 Å². The van der Waals surface area contributed by atoms with E-state index < -0.39 is 4.58 Å². The number of hydrogen-bond acceptors (Lipinski definition) is 7. The largest absolute Gasteiger partial charge is 0.487 e. The average molecular weight is 531 g/mol. The van der Waals surface area contributed by atoms with Crippen molar-refractivity contribution in [3.8, 4) is 11.5 Å². The normalized spacial score (nSPS) is 21.8. The number of aromatic nitrogens is 2. The molecule has 7 nitrogen and oxygen atoms in total. The predicted octanol–water partition coefficient (Wildman–Crippen LogP) is 4.44. The quantitative estimate of drug-likeness (QED) is 0.270. The minimum absolute atomic E-state index is 0. The molecule has 0 saturated carbocycles. The highest BCUT2D eigenvalue weighted by atomic mass is 79.9. The standard InChI is InChI=1S/C22H25BrFN3O4.ClH/c1-28-7-9-30-19-11-16-17(12-20(19)31-10-8-29-2)25-14-26-21(16)27-6-4-15-3-5-22(23,24)13-18(15)27;/h3,5,11-15H,4,6-10H2,1-2H3;1H. The van der Waals surface area contributed by atoms with Crippen molar-refractivity contribution in [1.29, 1.82) is 0 Å². The molecule has 32 heavy (non-hydrogen) atoms. The van der Waals surface area contributed by atoms with E-state index in [2.05, 4.69) is 30.8 Å². The topological polar surface area (TPSA) is 65.9 Å². The average Bonchev–Trinajstić information content (AvgIpc) is 3.15. The summed E-state index contributed by atoms with van der Waals surface area (Å²) in [5, 5.41) is 0.809. The van der Waals surface area contributed by atoms with Crippen LogP contribution in [0.5, 0.6) is 11.5 Å². The zero-order valence-electron chi connectivity index (χ0n) is 17.9. The van der Waals surface area contributed by atoms with Crippen LogP contribution in [-0.2, 0) is 9.47 Å². The van der Waals surface area contributed by atoms with Gasteiger partial charge in [0.15, 0.2) is 11.5 Å². The summed E-state index contributed by atoms with van der Waals surface area (Å²) in [6.07, 6.45) is 7.48. The predicted molar refractivity (Wildman–Crippen MR) is 127 cm³/mol. The number of anilines is 1. The van der Waals surface area contributed by atoms with E-state index in [1.54, 1.807) is 26.4 Å². The van der Waals surface area contributed by atoms with Crippen molar-refractivity contribution >= 4 is 45.1 Å². The third-order valence-corrected chi connectivity index (χ3v) is 5.77. The van der Waals surface area contributed by atoms with E-state index in [0.717, 1.165) is 35.4 Å². The maximum absolute atomic E-state index is 14.6. The van der Waals surface area contributed by atoms with Gasteiger partial charge < -0.3 is 23.8 Å². The molecule has 1 fully saturated rings. The summed E-state index contributed by atoms with van der Waals surface area (Å²) in [4.78, 5) is 11.0. The molecule has 1 aromatic carbocycles. The van der Waals surface area contributed by atoms with Gasteiger partial charge in [0.05, 0.1) is 18.7 Å². The summed E-state index contributed by atoms with van der Waals surface area (Å²) in [7, 11) is 3.24. The fraction of sp³-hybridized carbons (Fsp3) is 0.455. The van der Waals surface area contributed by atoms with Gasteiger partial charge in [-0.3, -0.25) is 0 Å². The lowest BCUT2D eigenvalue weighted by atomic mass is 9.98. The second-order valence-electron chi connectivity index (χ2n) is 7.35. The van der Waals surface area contributed by atoms with Crippen molar-refractivity contribution in [3.05, 3.63) is 42.4 Å². The minimum atomic E-state index is -1.65. The fourth-order valence-corrected chi connectivity index (χ4v) is 4.19. The molecule has 2 aromatic rings. The highest BCUT2D eigenvalue weighted by Gasteiger charge is 2.36. The summed E-state index contributed by atoms with van der Waals surface area (Å²) in [6.45, 7) is 2.41. The maximum atomic E-state index is 14.6. The second-order valence-corrected chi connectivity index (χ2v) is 8.56. The van der Waals surface area contributed by atoms with Gasteiger partial charge in [0, 0.05) is 43.8 Å². The van der Waals surface area contributed by atoms with Gasteiger partial charge in [-0.2, -0.15) is 0 Å². The van der Waals surface area contributed by atoms with Crippen LogP contribution >= 0.6 is 28.3 Å². The van der Waals surface area contributed by atoms with E-state index >= 15 is 0 Å². The highest BCUT2D eigenvalue weighted by Crippen LogP contribution is 2.43. The van der Waals surface area contributed by atoms with Crippen molar-refractivity contribution in [1.82, 2.24) is 9.97 Å². The van der Waals surface area contributed by atoms with Gasteiger partial charge in [0.1, 0.15) is 25.4 Å². The smallest absolute Gasteiger partial charge is 0.203 e. The molecule has 0 N–H and O–H groups in total. The molecule has 2 aliphatic rings. The number of rotatable bonds is 9. The Morgan fingerprint density at radius 1 is 1.09 bits per heavy atom. The summed E-state index contributed by atoms with van der Waals surface area (Å²) in [5.74, 6) is 2.04. The Balaban J connectivity index is 0.00000289. The van der Waals surface area contributed by atoms with Gasteiger partial charge in [0.2, 0.25) is 4.58 Å². The Bertz CT molecular complexity index is 1000. The van der Waals surface area contributed by atoms with Crippen molar-refractivity contribution < 1.29 is 23.3 Å². The number of alkyl halides is 2. The Hall–Kier alpha value is -1.94. The van der Waals surface area contributed by atoms with Crippen LogP contribution < -0.4 is 14.4 Å². The molecule has 174 valence electrons. The Morgan fingerprint density at radius 2 is 1.78 bits per heavy atom. The summed E-state index contributed by atoms with van der Waals surface area (Å²) < 4.78 is 34.9. The molecular weight excluding hydrogens is 505 g/mol. The van der Waals surface area contributed by atoms with Gasteiger partial charge in [-0.25, -0.2) is 14.4 Å². The molecule has 1 saturated heterocycles. The summed E-state index contributed by atoms with van der Waals surface area (Å²) in [6, 6.07) is 3.72. The summed E-state index contributed by atoms with van der Waals surface area (Å²) >= 11 is 3.12. The van der Waals surface area contributed by atoms with Crippen molar-refractivity contribution in [2.75, 3.05) is 52.1 Å². The van der Waals surface area contributed by atoms with Gasteiger partial charge in [-0.1, -0.05) is 6.08 Å². The zero-order valence-corrected chi connectivity index (χ0v) is 20.3. The number of halogens is 3. The lowest BCUT2D eigenvalue weighted by molar-refractivity contribution is 0.132. The number of methoxy groups -OCH3 is 2. The first-order valence-corrected chi connectivity index (χ1v) is 10.9. The molecular formula is C22H26BrClFN3O4. The summed E-state index contributed by atoms with van der Waals surface area (Å²) in [5.41, 5.74) is 1.61. The maximum Gasteiger partial charge on any atom is 0.203 e. The number of nitrogens with zero attached hydrogens (tertiary/aromatic N) is 3. The van der Waals surface area contributed by atoms with Crippen molar-refractivity contribution in [2.24, 2.45) is 5.92 Å². The number of fused-ring (bicyclic) bond motifs is 2. The first kappa shape index (κ1) is 24.7. The number of benzene rings is 1. The van der Waals surface area contributed by atoms with E-state index in [-0.39, 0.29) is 18.3 Å². The van der Waals surface area contributed by atoms with Gasteiger partial charge in [-0.05, 0) is 40.6 Å². The highest BCUT2D eigenvalue weighted by molar-refractivity contribution is 9.10. The van der Waals surface area contributed by atoms with Crippen molar-refractivity contribution in [3.63, 3.8) is 0 Å². The van der Waals surface area contributed by atoms with Gasteiger partial charge >= 0.3 is 0 Å². The van der Waals surface area contributed by atoms with E-state index in [0.29, 0.717) is 37.9 Å². The third kappa shape index (κ3) is 5.33. The van der Waals surface area contributed by atoms with Crippen LogP contribution in [-0.4, -0.2) is 61.7 Å². The van der Waals surface area contributed by atoms with Crippen LogP contribution in [0.1, 0.15) is 6.42 Å². The van der Waals surface area contributed by atoms with Crippen LogP contribution in [0.15, 0.2) is 42.4 Å². The molecule has 0 spiro atoms. The van der Waals surface area contributed by atoms with Crippen LogP contribution in [0.3, 0.4) is 0 Å². The number of ether oxygens (including phenoxy) is 4. The van der Waals surface area contributed by atoms with Crippen LogP contribution in [0, 0.1) is 5.92 Å². The van der Waals surface area contributed by atoms with Crippen LogP contribution in [0.25, 0.3) is 10.9 Å². The molecule has 2 unspecified atom stereocenters. The molecule has 2 atom stereocenters. The fourth-order valence-electron chi connectivity index (χ4n) is 3.80. The van der Waals surface area contributed by atoms with Crippen LogP contribution in [0.4, 0.5) is 10.2 Å². The van der Waals surface area contributed by atoms with Crippen LogP contribution in [0.2, 0.25) is 0 Å². The van der Waals surface area contributed by atoms with Crippen molar-refractivity contribution in [2.45, 2.75) is 11.0 Å². The molecule has 0 radical (unpaired) electrons. The molecule has 2 heterocycles. The van der Waals surface area contributed by atoms with E-state index in [1.165, 1.54) is 6.33 Å². The van der Waals surface area contributed by atoms with E-state index in [9.17, 15) is 4.39 Å². The van der Waals surface area contributed by atoms with Gasteiger partial charge in [0.25, 0.3) is 0 Å². The monoisotopic (exact) mass is 529 g/mol. The Labute approximate surface area is 201 Å². The van der Waals surface area contributed by atoms with E-state index in [4.69, 9.17) is 18.9 Å². The molecule has 0 bridgehead atoms. The molecule has 1 aliphatic carbocycles. The molecule has 0 amide bonds. The number of hydrogen-bond donors (Lipinski definition) is 0. The molecule has 4 rings (SSSR count). The Kier molecular flexibility index (Phi) is 8.32. The van der Waals surface area contributed by atoms with E-state index in [1.807, 2.05) is 18.2 Å². The lowest BCUT2D eigenvalue weighted by Crippen LogP contribution is -2.24. The first-order chi connectivity index (χ1) is 15.0. The third-order valence-electron chi connectivity index (χ3n) is 5.27. The first-order valence-electron chi connectivity index (χ1n) is 10.1.